The molecule has 0 radical (unpaired) electrons. The van der Waals surface area contributed by atoms with Crippen LogP contribution in [0, 0.1) is 0 Å². The van der Waals surface area contributed by atoms with Gasteiger partial charge in [0.2, 0.25) is 0 Å². The number of benzene rings is 1. The molecule has 0 aliphatic carbocycles. The molecule has 0 bridgehead atoms. The molecule has 1 aromatic carbocycles. The van der Waals surface area contributed by atoms with Crippen LogP contribution in [-0.4, -0.2) is 27.9 Å². The molecule has 5 nitrogen and oxygen atoms in total. The van der Waals surface area contributed by atoms with Crippen molar-refractivity contribution in [3.8, 4) is 0 Å². The summed E-state index contributed by atoms with van der Waals surface area (Å²) >= 11 is 0. The average molecular weight is 283 g/mol. The Bertz CT molecular complexity index is 699. The lowest BCUT2D eigenvalue weighted by molar-refractivity contribution is -0.0146. The summed E-state index contributed by atoms with van der Waals surface area (Å²) in [4.78, 5) is 0. The number of β-amino-alcohol motifs (C(OH)–C–C–N with tert-alkyl or cyclic N) is 1. The van der Waals surface area contributed by atoms with Crippen LogP contribution in [0.4, 0.5) is 0 Å². The van der Waals surface area contributed by atoms with Gasteiger partial charge >= 0.3 is 0 Å². The van der Waals surface area contributed by atoms with Crippen molar-refractivity contribution < 1.29 is 10.2 Å². The van der Waals surface area contributed by atoms with E-state index in [4.69, 9.17) is 0 Å². The first-order chi connectivity index (χ1) is 10.2. The van der Waals surface area contributed by atoms with Gasteiger partial charge in [0.05, 0.1) is 11.4 Å². The number of rotatable bonds is 2. The van der Waals surface area contributed by atoms with E-state index in [2.05, 4.69) is 10.6 Å². The zero-order chi connectivity index (χ0) is 14.4. The van der Waals surface area contributed by atoms with Crippen molar-refractivity contribution in [2.45, 2.75) is 11.8 Å². The molecule has 2 aliphatic rings. The highest BCUT2D eigenvalue weighted by Crippen LogP contribution is 2.28. The molecule has 108 valence electrons. The second kappa shape index (κ2) is 4.46. The van der Waals surface area contributed by atoms with Gasteiger partial charge in [-0.3, -0.25) is 0 Å². The number of aliphatic hydroxyl groups is 2. The molecule has 1 saturated heterocycles. The first-order valence-electron chi connectivity index (χ1n) is 7.03. The van der Waals surface area contributed by atoms with Crippen LogP contribution in [-0.2, 0) is 5.60 Å². The highest BCUT2D eigenvalue weighted by Gasteiger charge is 2.35. The van der Waals surface area contributed by atoms with Gasteiger partial charge in [0.15, 0.2) is 6.23 Å². The lowest BCUT2D eigenvalue weighted by Crippen LogP contribution is -2.56. The second-order valence-corrected chi connectivity index (χ2v) is 5.64. The van der Waals surface area contributed by atoms with E-state index in [-0.39, 0.29) is 0 Å². The fourth-order valence-corrected chi connectivity index (χ4v) is 2.84. The van der Waals surface area contributed by atoms with Crippen molar-refractivity contribution in [3.63, 3.8) is 0 Å². The van der Waals surface area contributed by atoms with Crippen molar-refractivity contribution in [2.75, 3.05) is 13.1 Å². The van der Waals surface area contributed by atoms with Crippen LogP contribution in [0.5, 0.6) is 0 Å². The summed E-state index contributed by atoms with van der Waals surface area (Å²) in [5, 5.41) is 26.5. The summed E-state index contributed by atoms with van der Waals surface area (Å²) in [6.07, 6.45) is 3.16. The SMILES string of the molecule is OC1NC(c2ccc(C3(O)CNC3)cc2)=Cn2cccc21. The van der Waals surface area contributed by atoms with Gasteiger partial charge < -0.3 is 25.4 Å². The Morgan fingerprint density at radius 2 is 1.90 bits per heavy atom. The molecule has 0 spiro atoms. The number of aliphatic hydroxyl groups excluding tert-OH is 1. The lowest BCUT2D eigenvalue weighted by atomic mass is 9.87. The molecule has 5 heteroatoms. The fourth-order valence-electron chi connectivity index (χ4n) is 2.84. The highest BCUT2D eigenvalue weighted by atomic mass is 16.3. The van der Waals surface area contributed by atoms with Crippen LogP contribution in [0.3, 0.4) is 0 Å². The van der Waals surface area contributed by atoms with Gasteiger partial charge in [0.1, 0.15) is 5.60 Å². The maximum absolute atomic E-state index is 10.3. The van der Waals surface area contributed by atoms with E-state index in [0.29, 0.717) is 13.1 Å². The van der Waals surface area contributed by atoms with Gasteiger partial charge in [-0.05, 0) is 23.3 Å². The summed E-state index contributed by atoms with van der Waals surface area (Å²) in [6.45, 7) is 1.19. The summed E-state index contributed by atoms with van der Waals surface area (Å²) in [5.74, 6) is 0. The third kappa shape index (κ3) is 1.98. The molecule has 1 aromatic heterocycles. The second-order valence-electron chi connectivity index (χ2n) is 5.64. The van der Waals surface area contributed by atoms with Gasteiger partial charge in [0.25, 0.3) is 0 Å². The van der Waals surface area contributed by atoms with Gasteiger partial charge in [-0.15, -0.1) is 0 Å². The Balaban J connectivity index is 1.66. The molecule has 0 saturated carbocycles. The van der Waals surface area contributed by atoms with Crippen molar-refractivity contribution in [1.29, 1.82) is 0 Å². The molecule has 4 N–H and O–H groups in total. The minimum Gasteiger partial charge on any atom is -0.382 e. The molecule has 1 unspecified atom stereocenters. The molecule has 4 rings (SSSR count). The van der Waals surface area contributed by atoms with Gasteiger partial charge in [-0.1, -0.05) is 24.3 Å². The van der Waals surface area contributed by atoms with Crippen LogP contribution in [0.1, 0.15) is 23.0 Å². The largest absolute Gasteiger partial charge is 0.382 e. The van der Waals surface area contributed by atoms with Crippen molar-refractivity contribution >= 4 is 11.9 Å². The van der Waals surface area contributed by atoms with E-state index in [9.17, 15) is 10.2 Å². The molecule has 3 heterocycles. The summed E-state index contributed by atoms with van der Waals surface area (Å²) in [7, 11) is 0. The number of hydrogen-bond acceptors (Lipinski definition) is 4. The molecular weight excluding hydrogens is 266 g/mol. The topological polar surface area (TPSA) is 69.4 Å². The number of nitrogens with one attached hydrogen (secondary N) is 2. The van der Waals surface area contributed by atoms with Crippen LogP contribution >= 0.6 is 0 Å². The molecule has 1 atom stereocenters. The predicted molar refractivity (Wildman–Crippen MR) is 79.9 cm³/mol. The van der Waals surface area contributed by atoms with E-state index < -0.39 is 11.8 Å². The van der Waals surface area contributed by atoms with Gasteiger partial charge in [-0.25, -0.2) is 0 Å². The number of aromatic nitrogens is 1. The molecule has 2 aromatic rings. The van der Waals surface area contributed by atoms with Crippen molar-refractivity contribution in [3.05, 3.63) is 59.4 Å². The standard InChI is InChI=1S/C16H17N3O2/c20-15-14-2-1-7-19(14)8-13(18-15)11-3-5-12(6-4-11)16(21)9-17-10-16/h1-8,15,17-18,20-21H,9-10H2. The minimum absolute atomic E-state index is 0.596. The predicted octanol–water partition coefficient (Wildman–Crippen LogP) is 0.829. The normalized spacial score (nSPS) is 22.8. The summed E-state index contributed by atoms with van der Waals surface area (Å²) < 4.78 is 1.91. The van der Waals surface area contributed by atoms with Crippen molar-refractivity contribution in [2.24, 2.45) is 0 Å². The quantitative estimate of drug-likeness (QED) is 0.659. The summed E-state index contributed by atoms with van der Waals surface area (Å²) in [5.41, 5.74) is 2.85. The first kappa shape index (κ1) is 12.6. The number of nitrogens with zero attached hydrogens (tertiary/aromatic N) is 1. The minimum atomic E-state index is -0.736. The Kier molecular flexibility index (Phi) is 2.68. The summed E-state index contributed by atoms with van der Waals surface area (Å²) in [6, 6.07) is 11.6. The third-order valence-corrected chi connectivity index (χ3v) is 4.22. The lowest BCUT2D eigenvalue weighted by Gasteiger charge is -2.38. The van der Waals surface area contributed by atoms with E-state index in [1.54, 1.807) is 0 Å². The van der Waals surface area contributed by atoms with Gasteiger partial charge in [-0.2, -0.15) is 0 Å². The molecule has 0 amide bonds. The Labute approximate surface area is 122 Å². The fraction of sp³-hybridized carbons (Fsp3) is 0.250. The van der Waals surface area contributed by atoms with Crippen LogP contribution in [0.25, 0.3) is 11.9 Å². The Hall–Kier alpha value is -2.08. The van der Waals surface area contributed by atoms with Crippen LogP contribution < -0.4 is 10.6 Å². The Morgan fingerprint density at radius 3 is 2.57 bits per heavy atom. The van der Waals surface area contributed by atoms with Crippen LogP contribution in [0.15, 0.2) is 42.6 Å². The monoisotopic (exact) mass is 283 g/mol. The van der Waals surface area contributed by atoms with E-state index in [1.807, 2.05) is 53.4 Å². The molecule has 1 fully saturated rings. The van der Waals surface area contributed by atoms with Crippen molar-refractivity contribution in [1.82, 2.24) is 15.2 Å². The molecular formula is C16H17N3O2. The van der Waals surface area contributed by atoms with E-state index >= 15 is 0 Å². The number of fused-ring (bicyclic) bond motifs is 1. The zero-order valence-electron chi connectivity index (χ0n) is 11.5. The van der Waals surface area contributed by atoms with Gasteiger partial charge in [0, 0.05) is 25.5 Å². The maximum atomic E-state index is 10.3. The zero-order valence-corrected chi connectivity index (χ0v) is 11.5. The first-order valence-corrected chi connectivity index (χ1v) is 7.03. The van der Waals surface area contributed by atoms with E-state index in [0.717, 1.165) is 22.5 Å². The smallest absolute Gasteiger partial charge is 0.166 e. The molecule has 21 heavy (non-hydrogen) atoms. The van der Waals surface area contributed by atoms with Crippen LogP contribution in [0.2, 0.25) is 0 Å². The van der Waals surface area contributed by atoms with E-state index in [1.165, 1.54) is 0 Å². The number of hydrogen-bond donors (Lipinski definition) is 4. The molecule has 2 aliphatic heterocycles. The maximum Gasteiger partial charge on any atom is 0.166 e. The highest BCUT2D eigenvalue weighted by molar-refractivity contribution is 5.76. The third-order valence-electron chi connectivity index (χ3n) is 4.22. The average Bonchev–Trinajstić information content (AvgIpc) is 2.94. The Morgan fingerprint density at radius 1 is 1.14 bits per heavy atom.